The second-order valence-corrected chi connectivity index (χ2v) is 6.54. The van der Waals surface area contributed by atoms with E-state index in [4.69, 9.17) is 4.98 Å². The van der Waals surface area contributed by atoms with Gasteiger partial charge in [0.25, 0.3) is 0 Å². The molecule has 2 saturated heterocycles. The molecule has 2 aromatic rings. The van der Waals surface area contributed by atoms with E-state index in [1.807, 2.05) is 12.1 Å². The maximum atomic E-state index is 9.51. The summed E-state index contributed by atoms with van der Waals surface area (Å²) in [6.07, 6.45) is 4.78. The number of hydrogen-bond donors (Lipinski definition) is 2. The van der Waals surface area contributed by atoms with Gasteiger partial charge < -0.3 is 15.0 Å². The summed E-state index contributed by atoms with van der Waals surface area (Å²) in [5.41, 5.74) is 2.15. The van der Waals surface area contributed by atoms with Crippen LogP contribution in [0.15, 0.2) is 24.3 Å². The van der Waals surface area contributed by atoms with E-state index in [9.17, 15) is 5.11 Å². The van der Waals surface area contributed by atoms with E-state index in [1.54, 1.807) is 0 Å². The van der Waals surface area contributed by atoms with Crippen molar-refractivity contribution in [3.8, 4) is 0 Å². The Hall–Kier alpha value is -1.59. The Morgan fingerprint density at radius 2 is 1.95 bits per heavy atom. The van der Waals surface area contributed by atoms with Gasteiger partial charge in [0.15, 0.2) is 0 Å². The average Bonchev–Trinajstić information content (AvgIpc) is 3.25. The number of aromatic nitrogens is 2. The second-order valence-electron chi connectivity index (χ2n) is 6.54. The summed E-state index contributed by atoms with van der Waals surface area (Å²) in [5, 5.41) is 9.51. The van der Waals surface area contributed by atoms with Gasteiger partial charge in [0.2, 0.25) is 5.95 Å². The first kappa shape index (κ1) is 14.0. The zero-order valence-electron chi connectivity index (χ0n) is 12.9. The predicted molar refractivity (Wildman–Crippen MR) is 88.1 cm³/mol. The summed E-state index contributed by atoms with van der Waals surface area (Å²) in [5.74, 6) is 1.00. The first-order valence-corrected chi connectivity index (χ1v) is 8.41. The molecule has 2 aliphatic heterocycles. The van der Waals surface area contributed by atoms with Gasteiger partial charge in [-0.1, -0.05) is 12.1 Å². The van der Waals surface area contributed by atoms with E-state index in [-0.39, 0.29) is 6.61 Å². The second kappa shape index (κ2) is 5.89. The van der Waals surface area contributed by atoms with Crippen LogP contribution in [-0.4, -0.2) is 58.3 Å². The van der Waals surface area contributed by atoms with Crippen LogP contribution in [-0.2, 0) is 0 Å². The van der Waals surface area contributed by atoms with Crippen LogP contribution in [0.4, 0.5) is 5.95 Å². The van der Waals surface area contributed by atoms with Crippen molar-refractivity contribution in [2.45, 2.75) is 37.8 Å². The SMILES string of the molecule is OCC1CCCN1CC1CCCN1c1nc2ccccc2[nH]1. The summed E-state index contributed by atoms with van der Waals surface area (Å²) in [6, 6.07) is 9.08. The first-order valence-electron chi connectivity index (χ1n) is 8.41. The minimum Gasteiger partial charge on any atom is -0.395 e. The number of H-pyrrole nitrogens is 1. The van der Waals surface area contributed by atoms with Crippen LogP contribution >= 0.6 is 0 Å². The number of para-hydroxylation sites is 2. The van der Waals surface area contributed by atoms with E-state index < -0.39 is 0 Å². The molecule has 2 atom stereocenters. The summed E-state index contributed by atoms with van der Waals surface area (Å²) in [6.45, 7) is 3.53. The molecule has 3 heterocycles. The van der Waals surface area contributed by atoms with Crippen LogP contribution in [0.25, 0.3) is 11.0 Å². The number of aliphatic hydroxyl groups is 1. The molecule has 22 heavy (non-hydrogen) atoms. The number of anilines is 1. The lowest BCUT2D eigenvalue weighted by Crippen LogP contribution is -2.43. The van der Waals surface area contributed by atoms with E-state index in [2.05, 4.69) is 26.9 Å². The van der Waals surface area contributed by atoms with Gasteiger partial charge in [0.05, 0.1) is 17.6 Å². The number of aromatic amines is 1. The molecule has 1 aromatic carbocycles. The number of fused-ring (bicyclic) bond motifs is 1. The van der Waals surface area contributed by atoms with E-state index in [0.29, 0.717) is 12.1 Å². The highest BCUT2D eigenvalue weighted by molar-refractivity contribution is 5.77. The lowest BCUT2D eigenvalue weighted by Gasteiger charge is -2.31. The van der Waals surface area contributed by atoms with Crippen molar-refractivity contribution in [3.05, 3.63) is 24.3 Å². The Labute approximate surface area is 130 Å². The molecule has 4 rings (SSSR count). The zero-order chi connectivity index (χ0) is 14.9. The predicted octanol–water partition coefficient (Wildman–Crippen LogP) is 1.99. The molecule has 0 spiro atoms. The maximum absolute atomic E-state index is 9.51. The van der Waals surface area contributed by atoms with Gasteiger partial charge in [-0.15, -0.1) is 0 Å². The van der Waals surface area contributed by atoms with Crippen LogP contribution in [0.2, 0.25) is 0 Å². The minimum atomic E-state index is 0.289. The third-order valence-electron chi connectivity index (χ3n) is 5.18. The number of nitrogens with zero attached hydrogens (tertiary/aromatic N) is 3. The fraction of sp³-hybridized carbons (Fsp3) is 0.588. The highest BCUT2D eigenvalue weighted by Gasteiger charge is 2.32. The molecule has 2 fully saturated rings. The van der Waals surface area contributed by atoms with Gasteiger partial charge in [-0.2, -0.15) is 0 Å². The van der Waals surface area contributed by atoms with Gasteiger partial charge >= 0.3 is 0 Å². The van der Waals surface area contributed by atoms with Gasteiger partial charge in [-0.25, -0.2) is 4.98 Å². The molecule has 2 N–H and O–H groups in total. The molecule has 1 aromatic heterocycles. The number of nitrogens with one attached hydrogen (secondary N) is 1. The Kier molecular flexibility index (Phi) is 3.76. The Balaban J connectivity index is 1.53. The minimum absolute atomic E-state index is 0.289. The molecule has 5 nitrogen and oxygen atoms in total. The first-order chi connectivity index (χ1) is 10.8. The number of imidazole rings is 1. The van der Waals surface area contributed by atoms with E-state index in [1.165, 1.54) is 19.3 Å². The number of benzene rings is 1. The Morgan fingerprint density at radius 3 is 2.82 bits per heavy atom. The smallest absolute Gasteiger partial charge is 0.204 e. The molecule has 0 aliphatic carbocycles. The number of likely N-dealkylation sites (tertiary alicyclic amines) is 1. The van der Waals surface area contributed by atoms with Crippen molar-refractivity contribution in [1.82, 2.24) is 14.9 Å². The summed E-state index contributed by atoms with van der Waals surface area (Å²) in [4.78, 5) is 13.1. The van der Waals surface area contributed by atoms with Gasteiger partial charge in [0.1, 0.15) is 0 Å². The topological polar surface area (TPSA) is 55.4 Å². The van der Waals surface area contributed by atoms with Crippen molar-refractivity contribution in [3.63, 3.8) is 0 Å². The fourth-order valence-electron chi connectivity index (χ4n) is 3.99. The van der Waals surface area contributed by atoms with Gasteiger partial charge in [-0.05, 0) is 44.4 Å². The van der Waals surface area contributed by atoms with Crippen molar-refractivity contribution in [2.24, 2.45) is 0 Å². The zero-order valence-corrected chi connectivity index (χ0v) is 12.9. The van der Waals surface area contributed by atoms with Crippen LogP contribution in [0, 0.1) is 0 Å². The van der Waals surface area contributed by atoms with Crippen LogP contribution in [0.3, 0.4) is 0 Å². The maximum Gasteiger partial charge on any atom is 0.204 e. The molecule has 0 radical (unpaired) electrons. The summed E-state index contributed by atoms with van der Waals surface area (Å²) >= 11 is 0. The van der Waals surface area contributed by atoms with E-state index in [0.717, 1.165) is 43.0 Å². The van der Waals surface area contributed by atoms with E-state index >= 15 is 0 Å². The average molecular weight is 300 g/mol. The summed E-state index contributed by atoms with van der Waals surface area (Å²) < 4.78 is 0. The Bertz CT molecular complexity index is 607. The molecular weight excluding hydrogens is 276 g/mol. The van der Waals surface area contributed by atoms with Crippen LogP contribution in [0.5, 0.6) is 0 Å². The lowest BCUT2D eigenvalue weighted by atomic mass is 10.2. The van der Waals surface area contributed by atoms with Gasteiger partial charge in [0, 0.05) is 25.2 Å². The normalized spacial score (nSPS) is 26.3. The Morgan fingerprint density at radius 1 is 1.14 bits per heavy atom. The molecule has 0 saturated carbocycles. The monoisotopic (exact) mass is 300 g/mol. The quantitative estimate of drug-likeness (QED) is 0.906. The van der Waals surface area contributed by atoms with Crippen molar-refractivity contribution >= 4 is 17.0 Å². The highest BCUT2D eigenvalue weighted by Crippen LogP contribution is 2.27. The number of aliphatic hydroxyl groups excluding tert-OH is 1. The highest BCUT2D eigenvalue weighted by atomic mass is 16.3. The third kappa shape index (κ3) is 2.48. The molecule has 0 bridgehead atoms. The number of hydrogen-bond acceptors (Lipinski definition) is 4. The molecule has 0 amide bonds. The van der Waals surface area contributed by atoms with Crippen LogP contribution in [0.1, 0.15) is 25.7 Å². The lowest BCUT2D eigenvalue weighted by molar-refractivity contribution is 0.153. The molecular formula is C17H24N4O. The van der Waals surface area contributed by atoms with Crippen molar-refractivity contribution in [2.75, 3.05) is 31.1 Å². The largest absolute Gasteiger partial charge is 0.395 e. The van der Waals surface area contributed by atoms with Gasteiger partial charge in [-0.3, -0.25) is 4.90 Å². The molecule has 5 heteroatoms. The molecule has 118 valence electrons. The molecule has 2 aliphatic rings. The van der Waals surface area contributed by atoms with Crippen molar-refractivity contribution in [1.29, 1.82) is 0 Å². The summed E-state index contributed by atoms with van der Waals surface area (Å²) in [7, 11) is 0. The standard InChI is InChI=1S/C17H24N4O/c22-12-14-6-3-9-20(14)11-13-5-4-10-21(13)17-18-15-7-1-2-8-16(15)19-17/h1-2,7-8,13-14,22H,3-6,9-12H2,(H,18,19). The molecule has 2 unspecified atom stereocenters. The van der Waals surface area contributed by atoms with Crippen LogP contribution < -0.4 is 4.90 Å². The van der Waals surface area contributed by atoms with Crippen molar-refractivity contribution < 1.29 is 5.11 Å². The number of rotatable bonds is 4. The third-order valence-corrected chi connectivity index (χ3v) is 5.18. The fourth-order valence-corrected chi connectivity index (χ4v) is 3.99.